The van der Waals surface area contributed by atoms with Crippen LogP contribution in [0.1, 0.15) is 25.3 Å². The Kier molecular flexibility index (Phi) is 5.47. The Hall–Kier alpha value is -1.11. The van der Waals surface area contributed by atoms with Gasteiger partial charge in [0.25, 0.3) is 0 Å². The highest BCUT2D eigenvalue weighted by molar-refractivity contribution is 7.89. The van der Waals surface area contributed by atoms with Crippen LogP contribution in [-0.2, 0) is 14.8 Å². The number of nitrogens with zero attached hydrogens (tertiary/aromatic N) is 1. The lowest BCUT2D eigenvalue weighted by atomic mass is 9.98. The molecule has 1 amide bonds. The molecule has 5 nitrogen and oxygen atoms in total. The molecule has 0 spiro atoms. The number of carbonyl (C=O) groups is 1. The highest BCUT2D eigenvalue weighted by Gasteiger charge is 2.31. The van der Waals surface area contributed by atoms with Gasteiger partial charge in [-0.05, 0) is 44.4 Å². The van der Waals surface area contributed by atoms with Crippen LogP contribution in [0.5, 0.6) is 0 Å². The van der Waals surface area contributed by atoms with Gasteiger partial charge in [-0.15, -0.1) is 0 Å². The average Bonchev–Trinajstić information content (AvgIpc) is 2.51. The highest BCUT2D eigenvalue weighted by atomic mass is 35.5. The molecule has 0 radical (unpaired) electrons. The van der Waals surface area contributed by atoms with Crippen molar-refractivity contribution in [2.24, 2.45) is 5.92 Å². The summed E-state index contributed by atoms with van der Waals surface area (Å²) < 4.78 is 25.3. The van der Waals surface area contributed by atoms with Gasteiger partial charge >= 0.3 is 0 Å². The summed E-state index contributed by atoms with van der Waals surface area (Å²) in [6, 6.07) is 5.34. The second-order valence-corrected chi connectivity index (χ2v) is 8.22. The summed E-state index contributed by atoms with van der Waals surface area (Å²) in [5, 5.41) is 3.42. The van der Waals surface area contributed by atoms with Gasteiger partial charge in [0.2, 0.25) is 15.9 Å². The van der Waals surface area contributed by atoms with E-state index in [-0.39, 0.29) is 24.1 Å². The zero-order valence-corrected chi connectivity index (χ0v) is 14.4. The zero-order chi connectivity index (χ0) is 16.3. The van der Waals surface area contributed by atoms with Gasteiger partial charge in [-0.25, -0.2) is 12.7 Å². The predicted octanol–water partition coefficient (Wildman–Crippen LogP) is 2.65. The third kappa shape index (κ3) is 4.00. The minimum atomic E-state index is -3.24. The van der Waals surface area contributed by atoms with Crippen LogP contribution < -0.4 is 5.32 Å². The molecule has 7 heteroatoms. The number of hydrogen-bond donors (Lipinski definition) is 1. The van der Waals surface area contributed by atoms with Crippen molar-refractivity contribution in [3.05, 3.63) is 28.8 Å². The smallest absolute Gasteiger partial charge is 0.228 e. The number of carbonyl (C=O) groups excluding carboxylic acids is 1. The van der Waals surface area contributed by atoms with E-state index in [0.717, 1.165) is 5.56 Å². The number of amides is 1. The van der Waals surface area contributed by atoms with E-state index in [1.165, 1.54) is 4.31 Å². The number of nitrogens with one attached hydrogen (secondary N) is 1. The number of benzene rings is 1. The molecule has 1 aliphatic rings. The Balaban J connectivity index is 2.04. The van der Waals surface area contributed by atoms with Gasteiger partial charge in [-0.2, -0.15) is 0 Å². The van der Waals surface area contributed by atoms with Gasteiger partial charge in [0, 0.05) is 23.8 Å². The van der Waals surface area contributed by atoms with Crippen molar-refractivity contribution in [3.8, 4) is 0 Å². The number of hydrogen-bond acceptors (Lipinski definition) is 3. The van der Waals surface area contributed by atoms with Gasteiger partial charge in [-0.3, -0.25) is 4.79 Å². The first-order chi connectivity index (χ1) is 10.3. The number of aryl methyl sites for hydroxylation is 1. The average molecular weight is 345 g/mol. The molecule has 0 unspecified atom stereocenters. The Morgan fingerprint density at radius 2 is 2.18 bits per heavy atom. The number of halogens is 1. The molecule has 22 heavy (non-hydrogen) atoms. The van der Waals surface area contributed by atoms with Crippen LogP contribution in [-0.4, -0.2) is 37.5 Å². The maximum atomic E-state index is 12.3. The summed E-state index contributed by atoms with van der Waals surface area (Å²) in [7, 11) is -3.24. The molecule has 1 aromatic rings. The lowest BCUT2D eigenvalue weighted by Gasteiger charge is -2.30. The van der Waals surface area contributed by atoms with Crippen molar-refractivity contribution in [3.63, 3.8) is 0 Å². The quantitative estimate of drug-likeness (QED) is 0.913. The van der Waals surface area contributed by atoms with Crippen LogP contribution >= 0.6 is 11.6 Å². The van der Waals surface area contributed by atoms with Crippen molar-refractivity contribution in [1.29, 1.82) is 0 Å². The molecular weight excluding hydrogens is 324 g/mol. The molecule has 1 saturated heterocycles. The fraction of sp³-hybridized carbons (Fsp3) is 0.533. The van der Waals surface area contributed by atoms with Crippen LogP contribution in [0.3, 0.4) is 0 Å². The summed E-state index contributed by atoms with van der Waals surface area (Å²) in [6.45, 7) is 4.26. The number of sulfonamides is 1. The fourth-order valence-corrected chi connectivity index (χ4v) is 3.87. The Labute approximate surface area is 136 Å². The minimum absolute atomic E-state index is 0.0644. The lowest BCUT2D eigenvalue weighted by molar-refractivity contribution is -0.120. The number of rotatable bonds is 4. The highest BCUT2D eigenvalue weighted by Crippen LogP contribution is 2.23. The summed E-state index contributed by atoms with van der Waals surface area (Å²) in [4.78, 5) is 12.3. The summed E-state index contributed by atoms with van der Waals surface area (Å²) in [5.41, 5.74) is 1.58. The van der Waals surface area contributed by atoms with Crippen LogP contribution in [0.4, 0.5) is 5.69 Å². The topological polar surface area (TPSA) is 66.5 Å². The van der Waals surface area contributed by atoms with E-state index in [1.807, 2.05) is 13.0 Å². The van der Waals surface area contributed by atoms with Crippen molar-refractivity contribution in [1.82, 2.24) is 4.31 Å². The van der Waals surface area contributed by atoms with Gasteiger partial charge in [0.05, 0.1) is 11.7 Å². The molecular formula is C15H21ClN2O3S. The molecule has 1 N–H and O–H groups in total. The van der Waals surface area contributed by atoms with E-state index < -0.39 is 10.0 Å². The third-order valence-corrected chi connectivity index (χ3v) is 6.21. The van der Waals surface area contributed by atoms with E-state index >= 15 is 0 Å². The van der Waals surface area contributed by atoms with E-state index in [4.69, 9.17) is 11.6 Å². The van der Waals surface area contributed by atoms with E-state index in [2.05, 4.69) is 5.32 Å². The van der Waals surface area contributed by atoms with Crippen molar-refractivity contribution < 1.29 is 13.2 Å². The van der Waals surface area contributed by atoms with Crippen LogP contribution in [0.25, 0.3) is 0 Å². The number of anilines is 1. The second kappa shape index (κ2) is 6.98. The van der Waals surface area contributed by atoms with Crippen molar-refractivity contribution >= 4 is 33.2 Å². The van der Waals surface area contributed by atoms with Gasteiger partial charge in [-0.1, -0.05) is 17.7 Å². The molecule has 1 aromatic carbocycles. The monoisotopic (exact) mass is 344 g/mol. The third-order valence-electron chi connectivity index (χ3n) is 3.95. The molecule has 1 fully saturated rings. The first-order valence-corrected chi connectivity index (χ1v) is 9.37. The van der Waals surface area contributed by atoms with E-state index in [1.54, 1.807) is 19.1 Å². The van der Waals surface area contributed by atoms with Crippen molar-refractivity contribution in [2.45, 2.75) is 26.7 Å². The largest absolute Gasteiger partial charge is 0.326 e. The van der Waals surface area contributed by atoms with Crippen LogP contribution in [0.15, 0.2) is 18.2 Å². The molecule has 1 aliphatic heterocycles. The first kappa shape index (κ1) is 17.2. The summed E-state index contributed by atoms with van der Waals surface area (Å²) >= 11 is 6.05. The van der Waals surface area contributed by atoms with Gasteiger partial charge in [0.1, 0.15) is 0 Å². The summed E-state index contributed by atoms with van der Waals surface area (Å²) in [6.07, 6.45) is 1.40. The maximum Gasteiger partial charge on any atom is 0.228 e. The van der Waals surface area contributed by atoms with Gasteiger partial charge in [0.15, 0.2) is 0 Å². The minimum Gasteiger partial charge on any atom is -0.326 e. The predicted molar refractivity (Wildman–Crippen MR) is 88.6 cm³/mol. The Bertz CT molecular complexity index is 661. The lowest BCUT2D eigenvalue weighted by Crippen LogP contribution is -2.44. The zero-order valence-electron chi connectivity index (χ0n) is 12.8. The summed E-state index contributed by atoms with van der Waals surface area (Å²) in [5.74, 6) is -0.416. The SMILES string of the molecule is CCS(=O)(=O)N1CCC[C@H](C(=O)Nc2ccc(C)c(Cl)c2)C1. The molecule has 0 saturated carbocycles. The normalized spacial score (nSPS) is 19.9. The van der Waals surface area contributed by atoms with E-state index in [9.17, 15) is 13.2 Å². The maximum absolute atomic E-state index is 12.3. The molecule has 1 heterocycles. The number of piperidine rings is 1. The first-order valence-electron chi connectivity index (χ1n) is 7.38. The second-order valence-electron chi connectivity index (χ2n) is 5.55. The Morgan fingerprint density at radius 1 is 1.45 bits per heavy atom. The molecule has 122 valence electrons. The van der Waals surface area contributed by atoms with Crippen molar-refractivity contribution in [2.75, 3.05) is 24.2 Å². The standard InChI is InChI=1S/C15H21ClN2O3S/c1-3-22(20,21)18-8-4-5-12(10-18)15(19)17-13-7-6-11(2)14(16)9-13/h6-7,9,12H,3-5,8,10H2,1-2H3,(H,17,19)/t12-/m0/s1. The molecule has 2 rings (SSSR count). The molecule has 0 bridgehead atoms. The van der Waals surface area contributed by atoms with Crippen LogP contribution in [0.2, 0.25) is 5.02 Å². The van der Waals surface area contributed by atoms with E-state index in [0.29, 0.717) is 30.1 Å². The molecule has 0 aliphatic carbocycles. The Morgan fingerprint density at radius 3 is 2.82 bits per heavy atom. The fourth-order valence-electron chi connectivity index (χ4n) is 2.51. The van der Waals surface area contributed by atoms with Crippen LogP contribution in [0, 0.1) is 12.8 Å². The van der Waals surface area contributed by atoms with Gasteiger partial charge < -0.3 is 5.32 Å². The molecule has 1 atom stereocenters. The molecule has 0 aromatic heterocycles.